The van der Waals surface area contributed by atoms with E-state index in [1.54, 1.807) is 19.2 Å². The van der Waals surface area contributed by atoms with Crippen LogP contribution in [0.1, 0.15) is 35.4 Å². The number of methoxy groups -OCH3 is 1. The van der Waals surface area contributed by atoms with Gasteiger partial charge in [0.1, 0.15) is 5.75 Å². The van der Waals surface area contributed by atoms with E-state index in [4.69, 9.17) is 9.15 Å². The maximum atomic E-state index is 12.8. The number of carbonyl (C=O) groups is 2. The molecule has 0 saturated carbocycles. The Balaban J connectivity index is 1.38. The molecule has 148 valence electrons. The van der Waals surface area contributed by atoms with Gasteiger partial charge in [0.2, 0.25) is 5.91 Å². The molecule has 28 heavy (non-hydrogen) atoms. The molecule has 2 aromatic rings. The predicted molar refractivity (Wildman–Crippen MR) is 104 cm³/mol. The van der Waals surface area contributed by atoms with Gasteiger partial charge in [0.05, 0.1) is 19.8 Å². The van der Waals surface area contributed by atoms with E-state index in [0.29, 0.717) is 24.6 Å². The van der Waals surface area contributed by atoms with Gasteiger partial charge in [0.15, 0.2) is 5.76 Å². The molecule has 0 N–H and O–H groups in total. The lowest BCUT2D eigenvalue weighted by Crippen LogP contribution is -2.56. The molecule has 1 aromatic heterocycles. The third kappa shape index (κ3) is 3.77. The average molecular weight is 382 g/mol. The number of amides is 2. The summed E-state index contributed by atoms with van der Waals surface area (Å²) in [7, 11) is 1.63. The van der Waals surface area contributed by atoms with Crippen LogP contribution in [0.4, 0.5) is 0 Å². The number of fused-ring (bicyclic) bond motifs is 1. The first-order valence-electron chi connectivity index (χ1n) is 9.91. The van der Waals surface area contributed by atoms with Crippen LogP contribution in [-0.2, 0) is 11.2 Å². The van der Waals surface area contributed by atoms with Gasteiger partial charge in [-0.25, -0.2) is 0 Å². The molecule has 0 aliphatic carbocycles. The summed E-state index contributed by atoms with van der Waals surface area (Å²) < 4.78 is 10.5. The first-order chi connectivity index (χ1) is 13.7. The molecular formula is C22H26N2O4. The van der Waals surface area contributed by atoms with Crippen LogP contribution in [0.3, 0.4) is 0 Å². The lowest BCUT2D eigenvalue weighted by molar-refractivity contribution is -0.133. The molecule has 1 aromatic carbocycles. The van der Waals surface area contributed by atoms with Crippen molar-refractivity contribution in [3.63, 3.8) is 0 Å². The van der Waals surface area contributed by atoms with Crippen molar-refractivity contribution in [3.8, 4) is 5.75 Å². The quantitative estimate of drug-likeness (QED) is 0.816. The molecule has 2 atom stereocenters. The minimum absolute atomic E-state index is 0.0299. The lowest BCUT2D eigenvalue weighted by atomic mass is 9.83. The SMILES string of the molecule is COc1ccc(CC(=O)N2CC[C@H]3[C@H](CCCN3C(=O)c3ccco3)C2)cc1. The van der Waals surface area contributed by atoms with Crippen LogP contribution >= 0.6 is 0 Å². The maximum Gasteiger partial charge on any atom is 0.289 e. The zero-order valence-corrected chi connectivity index (χ0v) is 16.2. The van der Waals surface area contributed by atoms with Gasteiger partial charge >= 0.3 is 0 Å². The normalized spacial score (nSPS) is 21.9. The van der Waals surface area contributed by atoms with E-state index in [1.165, 1.54) is 6.26 Å². The maximum absolute atomic E-state index is 12.8. The fourth-order valence-electron chi connectivity index (χ4n) is 4.45. The number of nitrogens with zero attached hydrogens (tertiary/aromatic N) is 2. The zero-order chi connectivity index (χ0) is 19.5. The van der Waals surface area contributed by atoms with Gasteiger partial charge in [-0.05, 0) is 55.0 Å². The highest BCUT2D eigenvalue weighted by atomic mass is 16.5. The van der Waals surface area contributed by atoms with Crippen molar-refractivity contribution >= 4 is 11.8 Å². The number of hydrogen-bond donors (Lipinski definition) is 0. The minimum atomic E-state index is -0.0299. The van der Waals surface area contributed by atoms with Gasteiger partial charge in [0, 0.05) is 25.7 Å². The lowest BCUT2D eigenvalue weighted by Gasteiger charge is -2.47. The fourth-order valence-corrected chi connectivity index (χ4v) is 4.45. The Hall–Kier alpha value is -2.76. The van der Waals surface area contributed by atoms with Gasteiger partial charge in [-0.3, -0.25) is 9.59 Å². The van der Waals surface area contributed by atoms with E-state index in [9.17, 15) is 9.59 Å². The molecule has 3 heterocycles. The average Bonchev–Trinajstić information content (AvgIpc) is 3.28. The van der Waals surface area contributed by atoms with Crippen LogP contribution < -0.4 is 4.74 Å². The number of benzene rings is 1. The molecule has 2 amide bonds. The largest absolute Gasteiger partial charge is 0.497 e. The molecule has 2 fully saturated rings. The van der Waals surface area contributed by atoms with Gasteiger partial charge in [-0.2, -0.15) is 0 Å². The summed E-state index contributed by atoms with van der Waals surface area (Å²) in [6, 6.07) is 11.3. The Kier molecular flexibility index (Phi) is 5.37. The summed E-state index contributed by atoms with van der Waals surface area (Å²) in [6.45, 7) is 2.18. The Bertz CT molecular complexity index is 816. The van der Waals surface area contributed by atoms with E-state index in [0.717, 1.165) is 43.7 Å². The van der Waals surface area contributed by atoms with Crippen molar-refractivity contribution in [1.29, 1.82) is 0 Å². The molecule has 0 bridgehead atoms. The Morgan fingerprint density at radius 3 is 2.68 bits per heavy atom. The van der Waals surface area contributed by atoms with Crippen LogP contribution in [0.15, 0.2) is 47.1 Å². The standard InChI is InChI=1S/C22H26N2O4/c1-27-18-8-6-16(7-9-18)14-21(25)23-12-10-19-17(15-23)4-2-11-24(19)22(26)20-5-3-13-28-20/h3,5-9,13,17,19H,2,4,10-12,14-15H2,1H3/t17-,19+/m1/s1. The highest BCUT2D eigenvalue weighted by Crippen LogP contribution is 2.32. The first-order valence-corrected chi connectivity index (χ1v) is 9.91. The molecule has 0 unspecified atom stereocenters. The van der Waals surface area contributed by atoms with Gasteiger partial charge in [-0.1, -0.05) is 12.1 Å². The molecule has 2 aliphatic rings. The molecule has 6 heteroatoms. The summed E-state index contributed by atoms with van der Waals surface area (Å²) in [5.74, 6) is 1.65. The summed E-state index contributed by atoms with van der Waals surface area (Å²) >= 11 is 0. The molecule has 0 spiro atoms. The van der Waals surface area contributed by atoms with Crippen LogP contribution in [0.5, 0.6) is 5.75 Å². The summed E-state index contributed by atoms with van der Waals surface area (Å²) in [4.78, 5) is 29.5. The van der Waals surface area contributed by atoms with Gasteiger partial charge < -0.3 is 19.0 Å². The number of piperidine rings is 2. The van der Waals surface area contributed by atoms with Crippen molar-refractivity contribution < 1.29 is 18.7 Å². The van der Waals surface area contributed by atoms with Crippen LogP contribution in [0.25, 0.3) is 0 Å². The van der Waals surface area contributed by atoms with Crippen molar-refractivity contribution in [3.05, 3.63) is 54.0 Å². The molecular weight excluding hydrogens is 356 g/mol. The van der Waals surface area contributed by atoms with E-state index in [1.807, 2.05) is 34.1 Å². The predicted octanol–water partition coefficient (Wildman–Crippen LogP) is 2.98. The molecule has 0 radical (unpaired) electrons. The number of furan rings is 1. The van der Waals surface area contributed by atoms with Crippen LogP contribution in [0, 0.1) is 5.92 Å². The number of likely N-dealkylation sites (tertiary alicyclic amines) is 2. The molecule has 6 nitrogen and oxygen atoms in total. The van der Waals surface area contributed by atoms with Crippen molar-refractivity contribution in [1.82, 2.24) is 9.80 Å². The Morgan fingerprint density at radius 1 is 1.14 bits per heavy atom. The summed E-state index contributed by atoms with van der Waals surface area (Å²) in [5.41, 5.74) is 0.992. The van der Waals surface area contributed by atoms with Crippen molar-refractivity contribution in [2.75, 3.05) is 26.7 Å². The van der Waals surface area contributed by atoms with Crippen LogP contribution in [-0.4, -0.2) is 54.4 Å². The van der Waals surface area contributed by atoms with Gasteiger partial charge in [0.25, 0.3) is 5.91 Å². The highest BCUT2D eigenvalue weighted by Gasteiger charge is 2.39. The molecule has 2 saturated heterocycles. The van der Waals surface area contributed by atoms with Crippen LogP contribution in [0.2, 0.25) is 0 Å². The third-order valence-corrected chi connectivity index (χ3v) is 5.93. The smallest absolute Gasteiger partial charge is 0.289 e. The Morgan fingerprint density at radius 2 is 1.96 bits per heavy atom. The van der Waals surface area contributed by atoms with Crippen molar-refractivity contribution in [2.24, 2.45) is 5.92 Å². The van der Waals surface area contributed by atoms with E-state index >= 15 is 0 Å². The summed E-state index contributed by atoms with van der Waals surface area (Å²) in [5, 5.41) is 0. The second kappa shape index (κ2) is 8.09. The monoisotopic (exact) mass is 382 g/mol. The number of hydrogen-bond acceptors (Lipinski definition) is 4. The zero-order valence-electron chi connectivity index (χ0n) is 16.2. The molecule has 4 rings (SSSR count). The van der Waals surface area contributed by atoms with Crippen molar-refractivity contribution in [2.45, 2.75) is 31.7 Å². The van der Waals surface area contributed by atoms with E-state index in [2.05, 4.69) is 0 Å². The first kappa shape index (κ1) is 18.6. The number of ether oxygens (including phenoxy) is 1. The number of carbonyl (C=O) groups excluding carboxylic acids is 2. The second-order valence-corrected chi connectivity index (χ2v) is 7.60. The second-order valence-electron chi connectivity index (χ2n) is 7.60. The third-order valence-electron chi connectivity index (χ3n) is 5.93. The molecule has 2 aliphatic heterocycles. The highest BCUT2D eigenvalue weighted by molar-refractivity contribution is 5.91. The van der Waals surface area contributed by atoms with Gasteiger partial charge in [-0.15, -0.1) is 0 Å². The van der Waals surface area contributed by atoms with E-state index < -0.39 is 0 Å². The number of rotatable bonds is 4. The Labute approximate surface area is 165 Å². The summed E-state index contributed by atoms with van der Waals surface area (Å²) in [6.07, 6.45) is 4.78. The van der Waals surface area contributed by atoms with E-state index in [-0.39, 0.29) is 17.9 Å². The minimum Gasteiger partial charge on any atom is -0.497 e. The topological polar surface area (TPSA) is 63.0 Å². The fraction of sp³-hybridized carbons (Fsp3) is 0.455.